The number of aliphatic hydroxyl groups excluding tert-OH is 4. The van der Waals surface area contributed by atoms with Crippen LogP contribution in [0, 0.1) is 0 Å². The van der Waals surface area contributed by atoms with E-state index in [1.54, 1.807) is 17.4 Å². The van der Waals surface area contributed by atoms with Crippen molar-refractivity contribution in [3.63, 3.8) is 0 Å². The van der Waals surface area contributed by atoms with Crippen molar-refractivity contribution < 1.29 is 29.9 Å². The summed E-state index contributed by atoms with van der Waals surface area (Å²) in [6.45, 7) is -0.385. The van der Waals surface area contributed by atoms with Gasteiger partial charge in [-0.3, -0.25) is 0 Å². The van der Waals surface area contributed by atoms with E-state index >= 15 is 0 Å². The standard InChI is InChI=1S/C22H21ClO6S/c23-16-8-13-10-28-22(21(27)20(26)19(25)17(9-24)29-22)15(13)7-12(16)6-14-5-11-3-1-2-4-18(11)30-14/h1-5,7-8,17,19-21,24-27H,6,9-10H2/t17-,19-,20+,21-,22+/m1/s1. The van der Waals surface area contributed by atoms with Crippen molar-refractivity contribution in [1.29, 1.82) is 0 Å². The Bertz CT molecular complexity index is 1070. The maximum absolute atomic E-state index is 10.7. The van der Waals surface area contributed by atoms with Gasteiger partial charge in [-0.25, -0.2) is 0 Å². The molecule has 5 rings (SSSR count). The molecular formula is C22H21ClO6S. The van der Waals surface area contributed by atoms with Crippen molar-refractivity contribution in [3.05, 3.63) is 69.1 Å². The Morgan fingerprint density at radius 1 is 1.10 bits per heavy atom. The minimum absolute atomic E-state index is 0.135. The van der Waals surface area contributed by atoms with Crippen molar-refractivity contribution in [1.82, 2.24) is 0 Å². The molecule has 0 bridgehead atoms. The first-order valence-electron chi connectivity index (χ1n) is 9.69. The first-order chi connectivity index (χ1) is 14.4. The van der Waals surface area contributed by atoms with Gasteiger partial charge < -0.3 is 29.9 Å². The summed E-state index contributed by atoms with van der Waals surface area (Å²) < 4.78 is 12.8. The number of fused-ring (bicyclic) bond motifs is 3. The zero-order chi connectivity index (χ0) is 21.0. The number of aliphatic hydroxyl groups is 4. The molecule has 5 atom stereocenters. The van der Waals surface area contributed by atoms with Crippen LogP contribution >= 0.6 is 22.9 Å². The Kier molecular flexibility index (Phi) is 5.12. The van der Waals surface area contributed by atoms with E-state index < -0.39 is 36.8 Å². The van der Waals surface area contributed by atoms with Gasteiger partial charge in [-0.1, -0.05) is 29.8 Å². The highest BCUT2D eigenvalue weighted by Crippen LogP contribution is 2.47. The summed E-state index contributed by atoms with van der Waals surface area (Å²) in [5, 5.41) is 42.5. The van der Waals surface area contributed by atoms with Crippen LogP contribution in [-0.2, 0) is 28.3 Å². The fraction of sp³-hybridized carbons (Fsp3) is 0.364. The Morgan fingerprint density at radius 3 is 2.67 bits per heavy atom. The van der Waals surface area contributed by atoms with E-state index in [4.69, 9.17) is 21.1 Å². The minimum Gasteiger partial charge on any atom is -0.394 e. The van der Waals surface area contributed by atoms with Crippen molar-refractivity contribution in [2.24, 2.45) is 0 Å². The van der Waals surface area contributed by atoms with Crippen LogP contribution in [0.5, 0.6) is 0 Å². The highest BCUT2D eigenvalue weighted by atomic mass is 35.5. The van der Waals surface area contributed by atoms with Crippen molar-refractivity contribution in [3.8, 4) is 0 Å². The summed E-state index contributed by atoms with van der Waals surface area (Å²) in [4.78, 5) is 1.14. The van der Waals surface area contributed by atoms with Gasteiger partial charge in [0.05, 0.1) is 13.2 Å². The quantitative estimate of drug-likeness (QED) is 0.490. The Hall–Kier alpha value is -1.55. The van der Waals surface area contributed by atoms with E-state index in [0.29, 0.717) is 17.0 Å². The molecule has 4 N–H and O–H groups in total. The molecule has 158 valence electrons. The van der Waals surface area contributed by atoms with Gasteiger partial charge in [-0.15, -0.1) is 11.3 Å². The summed E-state index contributed by atoms with van der Waals surface area (Å²) in [6.07, 6.45) is -4.96. The maximum Gasteiger partial charge on any atom is 0.225 e. The molecule has 3 aromatic rings. The van der Waals surface area contributed by atoms with Gasteiger partial charge in [-0.2, -0.15) is 0 Å². The molecule has 1 spiro atoms. The Morgan fingerprint density at radius 2 is 1.90 bits per heavy atom. The lowest BCUT2D eigenvalue weighted by atomic mass is 9.86. The summed E-state index contributed by atoms with van der Waals surface area (Å²) in [5.74, 6) is -1.67. The number of hydrogen-bond donors (Lipinski definition) is 4. The lowest BCUT2D eigenvalue weighted by Crippen LogP contribution is -2.63. The number of ether oxygens (including phenoxy) is 2. The van der Waals surface area contributed by atoms with Crippen LogP contribution in [0.1, 0.15) is 21.6 Å². The zero-order valence-corrected chi connectivity index (χ0v) is 17.4. The third-order valence-corrected chi connectivity index (χ3v) is 7.35. The summed E-state index contributed by atoms with van der Waals surface area (Å²) in [6, 6.07) is 13.9. The topological polar surface area (TPSA) is 99.4 Å². The molecule has 0 unspecified atom stereocenters. The van der Waals surface area contributed by atoms with Gasteiger partial charge in [0.15, 0.2) is 0 Å². The van der Waals surface area contributed by atoms with Crippen molar-refractivity contribution in [2.45, 2.75) is 43.2 Å². The summed E-state index contributed by atoms with van der Waals surface area (Å²) in [5.41, 5.74) is 2.13. The molecule has 0 saturated carbocycles. The van der Waals surface area contributed by atoms with E-state index in [-0.39, 0.29) is 6.61 Å². The summed E-state index contributed by atoms with van der Waals surface area (Å²) >= 11 is 8.23. The van der Waals surface area contributed by atoms with Crippen LogP contribution in [-0.4, -0.2) is 51.4 Å². The molecule has 0 aliphatic carbocycles. The van der Waals surface area contributed by atoms with Gasteiger partial charge >= 0.3 is 0 Å². The molecule has 2 aromatic carbocycles. The van der Waals surface area contributed by atoms with Gasteiger partial charge in [0.1, 0.15) is 24.4 Å². The van der Waals surface area contributed by atoms with E-state index in [0.717, 1.165) is 16.0 Å². The lowest BCUT2D eigenvalue weighted by molar-refractivity contribution is -0.368. The molecule has 1 fully saturated rings. The minimum atomic E-state index is -1.67. The van der Waals surface area contributed by atoms with Gasteiger partial charge in [0.25, 0.3) is 0 Å². The number of thiophene rings is 1. The van der Waals surface area contributed by atoms with Crippen LogP contribution in [0.3, 0.4) is 0 Å². The highest BCUT2D eigenvalue weighted by molar-refractivity contribution is 7.19. The second-order valence-corrected chi connectivity index (χ2v) is 9.32. The molecular weight excluding hydrogens is 428 g/mol. The molecule has 1 aromatic heterocycles. The monoisotopic (exact) mass is 448 g/mol. The van der Waals surface area contributed by atoms with E-state index in [1.807, 2.05) is 18.2 Å². The lowest BCUT2D eigenvalue weighted by Gasteiger charge is -2.46. The van der Waals surface area contributed by atoms with E-state index in [1.165, 1.54) is 10.1 Å². The Labute approximate surface area is 181 Å². The molecule has 30 heavy (non-hydrogen) atoms. The second-order valence-electron chi connectivity index (χ2n) is 7.75. The first kappa shape index (κ1) is 20.4. The van der Waals surface area contributed by atoms with Crippen LogP contribution in [0.15, 0.2) is 42.5 Å². The first-order valence-corrected chi connectivity index (χ1v) is 10.9. The molecule has 2 aliphatic heterocycles. The maximum atomic E-state index is 10.7. The number of halogens is 1. The predicted molar refractivity (Wildman–Crippen MR) is 113 cm³/mol. The van der Waals surface area contributed by atoms with E-state index in [2.05, 4.69) is 18.2 Å². The van der Waals surface area contributed by atoms with Crippen LogP contribution in [0.4, 0.5) is 0 Å². The second kappa shape index (κ2) is 7.55. The van der Waals surface area contributed by atoms with E-state index in [9.17, 15) is 20.4 Å². The predicted octanol–water partition coefficient (Wildman–Crippen LogP) is 2.30. The molecule has 6 nitrogen and oxygen atoms in total. The van der Waals surface area contributed by atoms with Crippen LogP contribution < -0.4 is 0 Å². The SMILES string of the molecule is OC[C@H]1O[C@]2(OCc3cc(Cl)c(Cc4cc5ccccc5s4)cc32)[C@H](O)[C@@H](O)[C@@H]1O. The molecule has 3 heterocycles. The smallest absolute Gasteiger partial charge is 0.225 e. The molecule has 8 heteroatoms. The fourth-order valence-corrected chi connectivity index (χ4v) is 5.64. The molecule has 2 aliphatic rings. The largest absolute Gasteiger partial charge is 0.394 e. The zero-order valence-electron chi connectivity index (χ0n) is 15.9. The molecule has 0 amide bonds. The number of hydrogen-bond acceptors (Lipinski definition) is 7. The normalized spacial score (nSPS) is 30.8. The number of benzene rings is 2. The third-order valence-electron chi connectivity index (χ3n) is 5.88. The van der Waals surface area contributed by atoms with Gasteiger partial charge in [-0.05, 0) is 40.8 Å². The van der Waals surface area contributed by atoms with Crippen molar-refractivity contribution in [2.75, 3.05) is 6.61 Å². The third kappa shape index (κ3) is 3.09. The Balaban J connectivity index is 1.54. The van der Waals surface area contributed by atoms with Gasteiger partial charge in [0, 0.05) is 26.6 Å². The molecule has 0 radical (unpaired) electrons. The average Bonchev–Trinajstić information content (AvgIpc) is 3.31. The number of rotatable bonds is 3. The highest BCUT2D eigenvalue weighted by Gasteiger charge is 2.58. The summed E-state index contributed by atoms with van der Waals surface area (Å²) in [7, 11) is 0. The van der Waals surface area contributed by atoms with Gasteiger partial charge in [0.2, 0.25) is 5.79 Å². The average molecular weight is 449 g/mol. The van der Waals surface area contributed by atoms with Crippen LogP contribution in [0.2, 0.25) is 5.02 Å². The van der Waals surface area contributed by atoms with Crippen LogP contribution in [0.25, 0.3) is 10.1 Å². The fourth-order valence-electron chi connectivity index (χ4n) is 4.30. The van der Waals surface area contributed by atoms with Crippen molar-refractivity contribution >= 4 is 33.0 Å². The molecule has 1 saturated heterocycles.